The molecule has 3 aromatic rings. The molecule has 1 aromatic heterocycles. The van der Waals surface area contributed by atoms with Crippen molar-refractivity contribution in [2.75, 3.05) is 30.0 Å². The van der Waals surface area contributed by atoms with Gasteiger partial charge in [-0.3, -0.25) is 4.79 Å². The van der Waals surface area contributed by atoms with Crippen molar-refractivity contribution in [1.29, 1.82) is 0 Å². The van der Waals surface area contributed by atoms with Crippen molar-refractivity contribution in [3.8, 4) is 11.1 Å². The van der Waals surface area contributed by atoms with Gasteiger partial charge in [0.2, 0.25) is 5.91 Å². The van der Waals surface area contributed by atoms with E-state index >= 15 is 0 Å². The van der Waals surface area contributed by atoms with Crippen LogP contribution in [0.15, 0.2) is 40.9 Å². The molecule has 0 saturated carbocycles. The lowest BCUT2D eigenvalue weighted by Gasteiger charge is -2.20. The third kappa shape index (κ3) is 5.96. The largest absolute Gasteiger partial charge is 0.379 e. The fourth-order valence-corrected chi connectivity index (χ4v) is 5.36. The Morgan fingerprint density at radius 3 is 2.69 bits per heavy atom. The first-order valence-corrected chi connectivity index (χ1v) is 13.7. The molecule has 192 valence electrons. The topological polar surface area (TPSA) is 87.5 Å². The van der Waals surface area contributed by atoms with Gasteiger partial charge < -0.3 is 15.2 Å². The van der Waals surface area contributed by atoms with E-state index in [9.17, 15) is 13.4 Å². The number of halogens is 2. The van der Waals surface area contributed by atoms with E-state index in [1.165, 1.54) is 12.1 Å². The van der Waals surface area contributed by atoms with Crippen LogP contribution in [0.4, 0.5) is 15.8 Å². The molecule has 0 bridgehead atoms. The first-order valence-electron chi connectivity index (χ1n) is 11.8. The molecule has 36 heavy (non-hydrogen) atoms. The quantitative estimate of drug-likeness (QED) is 0.408. The molecular weight excluding hydrogens is 503 g/mol. The number of benzene rings is 2. The van der Waals surface area contributed by atoms with Gasteiger partial charge >= 0.3 is 0 Å². The van der Waals surface area contributed by atoms with Gasteiger partial charge in [0, 0.05) is 36.9 Å². The number of aromatic nitrogens is 1. The second kappa shape index (κ2) is 11.1. The minimum absolute atomic E-state index is 0.0556. The highest BCUT2D eigenvalue weighted by Crippen LogP contribution is 2.34. The number of nitrogens with zero attached hydrogens (tertiary/aromatic N) is 2. The first-order chi connectivity index (χ1) is 17.1. The molecule has 0 spiro atoms. The SMILES string of the molecule is Cc1noc(C)c1-c1ccc(NC2CCN(S(C)=O)C2)c(NC(=O)C(C)Cc2ccc(Cl)c(F)c2)c1. The number of nitrogens with one attached hydrogen (secondary N) is 2. The predicted octanol–water partition coefficient (Wildman–Crippen LogP) is 5.35. The van der Waals surface area contributed by atoms with Crippen LogP contribution in [-0.2, 0) is 22.2 Å². The molecule has 2 aromatic carbocycles. The van der Waals surface area contributed by atoms with E-state index in [-0.39, 0.29) is 17.0 Å². The average Bonchev–Trinajstić information content (AvgIpc) is 3.43. The lowest BCUT2D eigenvalue weighted by atomic mass is 9.99. The van der Waals surface area contributed by atoms with E-state index in [1.54, 1.807) is 19.2 Å². The van der Waals surface area contributed by atoms with Gasteiger partial charge in [0.1, 0.15) is 11.6 Å². The number of rotatable bonds is 8. The fourth-order valence-electron chi connectivity index (χ4n) is 4.49. The van der Waals surface area contributed by atoms with Crippen LogP contribution in [0.2, 0.25) is 5.02 Å². The van der Waals surface area contributed by atoms with Gasteiger partial charge in [-0.2, -0.15) is 0 Å². The van der Waals surface area contributed by atoms with Crippen molar-refractivity contribution < 1.29 is 17.9 Å². The summed E-state index contributed by atoms with van der Waals surface area (Å²) in [4.78, 5) is 13.2. The molecule has 1 saturated heterocycles. The third-order valence-electron chi connectivity index (χ3n) is 6.45. The van der Waals surface area contributed by atoms with Gasteiger partial charge in [-0.1, -0.05) is 35.8 Å². The summed E-state index contributed by atoms with van der Waals surface area (Å²) in [5.74, 6) is -0.405. The van der Waals surface area contributed by atoms with Crippen molar-refractivity contribution in [3.05, 3.63) is 64.3 Å². The Hall–Kier alpha value is -2.75. The number of carbonyl (C=O) groups excluding carboxylic acids is 1. The maximum Gasteiger partial charge on any atom is 0.227 e. The Morgan fingerprint density at radius 1 is 1.28 bits per heavy atom. The number of hydrogen-bond donors (Lipinski definition) is 2. The van der Waals surface area contributed by atoms with E-state index in [0.717, 1.165) is 35.5 Å². The van der Waals surface area contributed by atoms with Gasteiger partial charge in [-0.25, -0.2) is 12.9 Å². The molecule has 10 heteroatoms. The van der Waals surface area contributed by atoms with E-state index in [2.05, 4.69) is 15.8 Å². The summed E-state index contributed by atoms with van der Waals surface area (Å²) in [6.07, 6.45) is 2.89. The first kappa shape index (κ1) is 26.3. The average molecular weight is 533 g/mol. The van der Waals surface area contributed by atoms with Gasteiger partial charge in [0.25, 0.3) is 0 Å². The second-order valence-electron chi connectivity index (χ2n) is 9.24. The monoisotopic (exact) mass is 532 g/mol. The minimum atomic E-state index is -1.02. The summed E-state index contributed by atoms with van der Waals surface area (Å²) in [7, 11) is -1.02. The van der Waals surface area contributed by atoms with Crippen LogP contribution in [0.3, 0.4) is 0 Å². The van der Waals surface area contributed by atoms with E-state index in [4.69, 9.17) is 16.1 Å². The summed E-state index contributed by atoms with van der Waals surface area (Å²) in [6.45, 7) is 6.93. The Labute approximate surface area is 218 Å². The maximum absolute atomic E-state index is 13.9. The molecule has 2 heterocycles. The molecule has 1 fully saturated rings. The second-order valence-corrected chi connectivity index (χ2v) is 11.0. The van der Waals surface area contributed by atoms with Gasteiger partial charge in [-0.15, -0.1) is 0 Å². The molecule has 0 radical (unpaired) electrons. The number of aryl methyl sites for hydroxylation is 2. The lowest BCUT2D eigenvalue weighted by Crippen LogP contribution is -2.28. The number of carbonyl (C=O) groups is 1. The third-order valence-corrected chi connectivity index (χ3v) is 7.81. The standard InChI is InChI=1S/C26H30ClFN4O3S/c1-15(11-18-5-7-21(27)22(28)12-18)26(33)30-24-13-19(25-16(2)31-35-17(25)3)6-8-23(24)29-20-9-10-32(14-20)36(4)34/h5-8,12-13,15,20,29H,9-11,14H2,1-4H3,(H,30,33). The van der Waals surface area contributed by atoms with Crippen molar-refractivity contribution in [3.63, 3.8) is 0 Å². The van der Waals surface area contributed by atoms with E-state index in [0.29, 0.717) is 30.0 Å². The fraction of sp³-hybridized carbons (Fsp3) is 0.385. The molecule has 3 atom stereocenters. The number of anilines is 2. The maximum atomic E-state index is 13.9. The molecule has 1 aliphatic rings. The van der Waals surface area contributed by atoms with Crippen molar-refractivity contribution in [2.45, 2.75) is 39.7 Å². The molecular formula is C26H30ClFN4O3S. The highest BCUT2D eigenvalue weighted by molar-refractivity contribution is 7.81. The molecule has 0 aliphatic carbocycles. The number of hydrogen-bond acceptors (Lipinski definition) is 5. The normalized spacial score (nSPS) is 17.7. The smallest absolute Gasteiger partial charge is 0.227 e. The Bertz CT molecular complexity index is 1280. The van der Waals surface area contributed by atoms with Crippen LogP contribution < -0.4 is 10.6 Å². The van der Waals surface area contributed by atoms with Crippen LogP contribution in [-0.4, -0.2) is 45.0 Å². The van der Waals surface area contributed by atoms with Gasteiger partial charge in [0.15, 0.2) is 0 Å². The molecule has 1 amide bonds. The van der Waals surface area contributed by atoms with Crippen molar-refractivity contribution in [1.82, 2.24) is 9.46 Å². The van der Waals surface area contributed by atoms with Crippen LogP contribution in [0.5, 0.6) is 0 Å². The number of amides is 1. The Kier molecular flexibility index (Phi) is 8.12. The summed E-state index contributed by atoms with van der Waals surface area (Å²) in [5.41, 5.74) is 4.62. The van der Waals surface area contributed by atoms with Crippen LogP contribution in [0, 0.1) is 25.6 Å². The van der Waals surface area contributed by atoms with Gasteiger partial charge in [-0.05, 0) is 62.1 Å². The molecule has 4 rings (SSSR count). The Morgan fingerprint density at radius 2 is 2.06 bits per heavy atom. The van der Waals surface area contributed by atoms with Crippen LogP contribution in [0.1, 0.15) is 30.4 Å². The van der Waals surface area contributed by atoms with Crippen LogP contribution >= 0.6 is 11.6 Å². The zero-order valence-corrected chi connectivity index (χ0v) is 22.3. The predicted molar refractivity (Wildman–Crippen MR) is 142 cm³/mol. The molecule has 2 N–H and O–H groups in total. The van der Waals surface area contributed by atoms with E-state index in [1.807, 2.05) is 36.4 Å². The highest BCUT2D eigenvalue weighted by Gasteiger charge is 2.26. The van der Waals surface area contributed by atoms with E-state index < -0.39 is 22.7 Å². The summed E-state index contributed by atoms with van der Waals surface area (Å²) in [6, 6.07) is 10.5. The summed E-state index contributed by atoms with van der Waals surface area (Å²) < 4.78 is 33.0. The lowest BCUT2D eigenvalue weighted by molar-refractivity contribution is -0.119. The van der Waals surface area contributed by atoms with Crippen molar-refractivity contribution >= 4 is 39.9 Å². The van der Waals surface area contributed by atoms with Crippen LogP contribution in [0.25, 0.3) is 11.1 Å². The molecule has 7 nitrogen and oxygen atoms in total. The Balaban J connectivity index is 1.58. The zero-order valence-electron chi connectivity index (χ0n) is 20.7. The highest BCUT2D eigenvalue weighted by atomic mass is 35.5. The van der Waals surface area contributed by atoms with Crippen molar-refractivity contribution in [2.24, 2.45) is 5.92 Å². The summed E-state index contributed by atoms with van der Waals surface area (Å²) >= 11 is 5.79. The summed E-state index contributed by atoms with van der Waals surface area (Å²) in [5, 5.41) is 10.7. The van der Waals surface area contributed by atoms with Gasteiger partial charge in [0.05, 0.1) is 33.1 Å². The molecule has 1 aliphatic heterocycles. The zero-order chi connectivity index (χ0) is 26.0. The minimum Gasteiger partial charge on any atom is -0.379 e. The molecule has 3 unspecified atom stereocenters.